The van der Waals surface area contributed by atoms with Gasteiger partial charge in [0.2, 0.25) is 0 Å². The number of allylic oxidation sites excluding steroid dienone is 1. The quantitative estimate of drug-likeness (QED) is 0.894. The molecule has 8 heteroatoms. The molecule has 1 unspecified atom stereocenters. The molecule has 2 aliphatic heterocycles. The number of halogens is 1. The molecule has 1 saturated heterocycles. The van der Waals surface area contributed by atoms with E-state index in [0.29, 0.717) is 18.7 Å². The molecule has 0 saturated carbocycles. The highest BCUT2D eigenvalue weighted by Crippen LogP contribution is 2.28. The number of hydrogen-bond donors (Lipinski definition) is 1. The number of ketones is 1. The van der Waals surface area contributed by atoms with Crippen molar-refractivity contribution >= 4 is 29.2 Å². The van der Waals surface area contributed by atoms with Crippen molar-refractivity contribution in [3.8, 4) is 0 Å². The number of cyclic esters (lactones) is 1. The van der Waals surface area contributed by atoms with Gasteiger partial charge in [0.15, 0.2) is 11.9 Å². The molecule has 2 N–H and O–H groups in total. The van der Waals surface area contributed by atoms with E-state index in [1.54, 1.807) is 11.0 Å². The maximum absolute atomic E-state index is 14.3. The average molecular weight is 319 g/mol. The first kappa shape index (κ1) is 15.0. The highest BCUT2D eigenvalue weighted by Gasteiger charge is 2.36. The molecule has 0 spiro atoms. The van der Waals surface area contributed by atoms with Crippen LogP contribution in [0.15, 0.2) is 30.5 Å². The van der Waals surface area contributed by atoms with Crippen LogP contribution in [0.1, 0.15) is 6.42 Å². The summed E-state index contributed by atoms with van der Waals surface area (Å²) < 4.78 is 19.2. The molecule has 2 aliphatic rings. The number of amides is 2. The van der Waals surface area contributed by atoms with Crippen LogP contribution in [0.3, 0.4) is 0 Å². The summed E-state index contributed by atoms with van der Waals surface area (Å²) in [7, 11) is 0. The maximum atomic E-state index is 14.3. The molecule has 0 aliphatic carbocycles. The number of carbonyl (C=O) groups is 3. The Balaban J connectivity index is 1.82. The van der Waals surface area contributed by atoms with Crippen LogP contribution < -0.4 is 15.5 Å². The molecule has 2 amide bonds. The number of carbonyl (C=O) groups excluding carboxylic acids is 3. The van der Waals surface area contributed by atoms with Crippen molar-refractivity contribution in [3.05, 3.63) is 36.3 Å². The number of anilines is 2. The van der Waals surface area contributed by atoms with Gasteiger partial charge in [-0.3, -0.25) is 14.5 Å². The third-order valence-electron chi connectivity index (χ3n) is 3.72. The van der Waals surface area contributed by atoms with Crippen molar-refractivity contribution in [2.75, 3.05) is 22.9 Å². The summed E-state index contributed by atoms with van der Waals surface area (Å²) in [4.78, 5) is 36.8. The maximum Gasteiger partial charge on any atom is 0.415 e. The zero-order valence-corrected chi connectivity index (χ0v) is 12.1. The van der Waals surface area contributed by atoms with E-state index in [4.69, 9.17) is 10.5 Å². The Hall–Kier alpha value is -2.90. The standard InChI is InChI=1S/C15H14FN3O4/c16-11-7-9(19-8-13(14(17)21)23-15(19)22)1-2-12(11)18-5-3-10(20)4-6-18/h1-3,5,7,13H,4,6,8H2,(H2,17,21). The van der Waals surface area contributed by atoms with Crippen LogP contribution in [-0.2, 0) is 14.3 Å². The molecule has 1 aromatic rings. The summed E-state index contributed by atoms with van der Waals surface area (Å²) in [5.74, 6) is -1.30. The Morgan fingerprint density at radius 3 is 2.70 bits per heavy atom. The molecule has 0 bridgehead atoms. The first-order valence-electron chi connectivity index (χ1n) is 7.00. The van der Waals surface area contributed by atoms with Crippen LogP contribution >= 0.6 is 0 Å². The summed E-state index contributed by atoms with van der Waals surface area (Å²) in [5, 5.41) is 0. The molecule has 7 nitrogen and oxygen atoms in total. The summed E-state index contributed by atoms with van der Waals surface area (Å²) in [5.41, 5.74) is 5.68. The monoisotopic (exact) mass is 319 g/mol. The molecular weight excluding hydrogens is 305 g/mol. The second-order valence-electron chi connectivity index (χ2n) is 5.25. The Kier molecular flexibility index (Phi) is 3.73. The van der Waals surface area contributed by atoms with Crippen LogP contribution in [0.25, 0.3) is 0 Å². The molecule has 1 fully saturated rings. The fourth-order valence-corrected chi connectivity index (χ4v) is 2.48. The third-order valence-corrected chi connectivity index (χ3v) is 3.72. The van der Waals surface area contributed by atoms with Gasteiger partial charge in [-0.05, 0) is 24.3 Å². The minimum Gasteiger partial charge on any atom is -0.434 e. The van der Waals surface area contributed by atoms with Crippen LogP contribution in [0.4, 0.5) is 20.6 Å². The fraction of sp³-hybridized carbons (Fsp3) is 0.267. The fourth-order valence-electron chi connectivity index (χ4n) is 2.48. The van der Waals surface area contributed by atoms with Gasteiger partial charge in [0, 0.05) is 19.2 Å². The molecule has 2 heterocycles. The summed E-state index contributed by atoms with van der Waals surface area (Å²) in [6.07, 6.45) is 1.45. The normalized spacial score (nSPS) is 20.8. The second kappa shape index (κ2) is 5.71. The van der Waals surface area contributed by atoms with E-state index in [-0.39, 0.29) is 18.0 Å². The number of nitrogens with zero attached hydrogens (tertiary/aromatic N) is 2. The van der Waals surface area contributed by atoms with Crippen molar-refractivity contribution in [1.82, 2.24) is 0 Å². The van der Waals surface area contributed by atoms with Gasteiger partial charge in [0.1, 0.15) is 5.82 Å². The first-order valence-corrected chi connectivity index (χ1v) is 7.00. The van der Waals surface area contributed by atoms with Crippen LogP contribution in [0.5, 0.6) is 0 Å². The first-order chi connectivity index (χ1) is 11.0. The molecule has 120 valence electrons. The second-order valence-corrected chi connectivity index (χ2v) is 5.25. The number of primary amides is 1. The molecule has 3 rings (SSSR count). The zero-order chi connectivity index (χ0) is 16.6. The van der Waals surface area contributed by atoms with Crippen LogP contribution in [-0.4, -0.2) is 37.0 Å². The summed E-state index contributed by atoms with van der Waals surface area (Å²) >= 11 is 0. The third kappa shape index (κ3) is 2.87. The number of benzene rings is 1. The van der Waals surface area contributed by atoms with E-state index < -0.39 is 23.9 Å². The van der Waals surface area contributed by atoms with E-state index in [2.05, 4.69) is 0 Å². The lowest BCUT2D eigenvalue weighted by Crippen LogP contribution is -2.32. The predicted octanol–water partition coefficient (Wildman–Crippen LogP) is 0.929. The van der Waals surface area contributed by atoms with Crippen molar-refractivity contribution in [2.24, 2.45) is 5.73 Å². The van der Waals surface area contributed by atoms with Crippen LogP contribution in [0.2, 0.25) is 0 Å². The number of hydrogen-bond acceptors (Lipinski definition) is 5. The van der Waals surface area contributed by atoms with Gasteiger partial charge in [-0.15, -0.1) is 0 Å². The Labute approximate surface area is 131 Å². The summed E-state index contributed by atoms with van der Waals surface area (Å²) in [6.45, 7) is 0.339. The highest BCUT2D eigenvalue weighted by molar-refractivity contribution is 5.95. The molecule has 0 aromatic heterocycles. The minimum atomic E-state index is -1.04. The highest BCUT2D eigenvalue weighted by atomic mass is 19.1. The Morgan fingerprint density at radius 2 is 2.13 bits per heavy atom. The van der Waals surface area contributed by atoms with E-state index in [9.17, 15) is 18.8 Å². The summed E-state index contributed by atoms with van der Waals surface area (Å²) in [6, 6.07) is 4.24. The number of ether oxygens (including phenoxy) is 1. The average Bonchev–Trinajstić information content (AvgIpc) is 2.90. The smallest absolute Gasteiger partial charge is 0.415 e. The zero-order valence-electron chi connectivity index (χ0n) is 12.1. The van der Waals surface area contributed by atoms with Crippen molar-refractivity contribution in [2.45, 2.75) is 12.5 Å². The lowest BCUT2D eigenvalue weighted by molar-refractivity contribution is -0.124. The molecule has 1 aromatic carbocycles. The topological polar surface area (TPSA) is 92.9 Å². The molecule has 23 heavy (non-hydrogen) atoms. The van der Waals surface area contributed by atoms with Gasteiger partial charge in [-0.1, -0.05) is 0 Å². The van der Waals surface area contributed by atoms with Gasteiger partial charge in [0.05, 0.1) is 17.9 Å². The van der Waals surface area contributed by atoms with E-state index >= 15 is 0 Å². The number of rotatable bonds is 3. The van der Waals surface area contributed by atoms with Crippen molar-refractivity contribution in [1.29, 1.82) is 0 Å². The molecular formula is C15H14FN3O4. The van der Waals surface area contributed by atoms with E-state index in [0.717, 1.165) is 4.90 Å². The largest absolute Gasteiger partial charge is 0.434 e. The van der Waals surface area contributed by atoms with Crippen LogP contribution in [0, 0.1) is 5.82 Å². The van der Waals surface area contributed by atoms with E-state index in [1.165, 1.54) is 24.4 Å². The van der Waals surface area contributed by atoms with Gasteiger partial charge < -0.3 is 15.4 Å². The number of nitrogens with two attached hydrogens (primary N) is 1. The predicted molar refractivity (Wildman–Crippen MR) is 79.3 cm³/mol. The van der Waals surface area contributed by atoms with Gasteiger partial charge in [-0.2, -0.15) is 0 Å². The van der Waals surface area contributed by atoms with Crippen molar-refractivity contribution < 1.29 is 23.5 Å². The van der Waals surface area contributed by atoms with Gasteiger partial charge >= 0.3 is 6.09 Å². The Bertz CT molecular complexity index is 719. The van der Waals surface area contributed by atoms with Crippen molar-refractivity contribution in [3.63, 3.8) is 0 Å². The van der Waals surface area contributed by atoms with Gasteiger partial charge in [-0.25, -0.2) is 9.18 Å². The Morgan fingerprint density at radius 1 is 1.35 bits per heavy atom. The lowest BCUT2D eigenvalue weighted by atomic mass is 10.1. The minimum absolute atomic E-state index is 0.00409. The SMILES string of the molecule is NC(=O)C1CN(c2ccc(N3C=CC(=O)CC3)c(F)c2)C(=O)O1. The molecule has 1 atom stereocenters. The molecule has 0 radical (unpaired) electrons. The van der Waals surface area contributed by atoms with E-state index in [1.807, 2.05) is 0 Å². The lowest BCUT2D eigenvalue weighted by Gasteiger charge is -2.24. The van der Waals surface area contributed by atoms with Gasteiger partial charge in [0.25, 0.3) is 5.91 Å².